The Labute approximate surface area is 99.4 Å². The Morgan fingerprint density at radius 1 is 1.50 bits per heavy atom. The van der Waals surface area contributed by atoms with Crippen molar-refractivity contribution in [3.8, 4) is 0 Å². The van der Waals surface area contributed by atoms with Crippen LogP contribution in [0.4, 0.5) is 4.39 Å². The summed E-state index contributed by atoms with van der Waals surface area (Å²) in [5.74, 6) is -0.443. The summed E-state index contributed by atoms with van der Waals surface area (Å²) in [6.07, 6.45) is 0.645. The minimum atomic E-state index is -0.443. The molecule has 90 valence electrons. The quantitative estimate of drug-likeness (QED) is 0.666. The van der Waals surface area contributed by atoms with Crippen LogP contribution in [0.3, 0.4) is 0 Å². The average molecular weight is 247 g/mol. The molecule has 0 amide bonds. The SMILES string of the molecule is NCC(NCCCO)c1ccc(Cl)c(F)c1. The average Bonchev–Trinajstić information content (AvgIpc) is 2.29. The van der Waals surface area contributed by atoms with Gasteiger partial charge in [-0.3, -0.25) is 0 Å². The van der Waals surface area contributed by atoms with Gasteiger partial charge in [0.25, 0.3) is 0 Å². The van der Waals surface area contributed by atoms with Gasteiger partial charge in [-0.25, -0.2) is 4.39 Å². The molecule has 0 heterocycles. The Hall–Kier alpha value is -0.680. The summed E-state index contributed by atoms with van der Waals surface area (Å²) >= 11 is 5.60. The molecular weight excluding hydrogens is 231 g/mol. The third-order valence-corrected chi connectivity index (χ3v) is 2.61. The Balaban J connectivity index is 2.67. The summed E-state index contributed by atoms with van der Waals surface area (Å²) in [5.41, 5.74) is 6.36. The molecule has 1 atom stereocenters. The van der Waals surface area contributed by atoms with Crippen LogP contribution in [0.25, 0.3) is 0 Å². The molecule has 3 nitrogen and oxygen atoms in total. The molecule has 1 aromatic carbocycles. The van der Waals surface area contributed by atoms with Crippen molar-refractivity contribution in [3.05, 3.63) is 34.6 Å². The van der Waals surface area contributed by atoms with Gasteiger partial charge >= 0.3 is 0 Å². The standard InChI is InChI=1S/C11H16ClFN2O/c12-9-3-2-8(6-10(9)13)11(7-14)15-4-1-5-16/h2-3,6,11,15-16H,1,4-5,7,14H2. The number of nitrogens with two attached hydrogens (primary N) is 1. The van der Waals surface area contributed by atoms with E-state index in [1.54, 1.807) is 6.07 Å². The minimum absolute atomic E-state index is 0.106. The summed E-state index contributed by atoms with van der Waals surface area (Å²) in [7, 11) is 0. The van der Waals surface area contributed by atoms with Crippen LogP contribution >= 0.6 is 11.6 Å². The molecule has 0 bridgehead atoms. The number of aliphatic hydroxyl groups is 1. The molecular formula is C11H16ClFN2O. The largest absolute Gasteiger partial charge is 0.396 e. The first-order valence-electron chi connectivity index (χ1n) is 5.18. The van der Waals surface area contributed by atoms with E-state index < -0.39 is 5.82 Å². The van der Waals surface area contributed by atoms with E-state index >= 15 is 0 Å². The topological polar surface area (TPSA) is 58.3 Å². The van der Waals surface area contributed by atoms with E-state index in [9.17, 15) is 4.39 Å². The lowest BCUT2D eigenvalue weighted by Crippen LogP contribution is -2.29. The lowest BCUT2D eigenvalue weighted by molar-refractivity contribution is 0.283. The van der Waals surface area contributed by atoms with Crippen molar-refractivity contribution >= 4 is 11.6 Å². The zero-order chi connectivity index (χ0) is 12.0. The summed E-state index contributed by atoms with van der Waals surface area (Å²) in [6.45, 7) is 1.13. The van der Waals surface area contributed by atoms with Crippen molar-refractivity contribution in [3.63, 3.8) is 0 Å². The van der Waals surface area contributed by atoms with Crippen LogP contribution in [0.15, 0.2) is 18.2 Å². The van der Waals surface area contributed by atoms with Crippen LogP contribution < -0.4 is 11.1 Å². The van der Waals surface area contributed by atoms with E-state index in [4.69, 9.17) is 22.4 Å². The molecule has 1 aromatic rings. The van der Waals surface area contributed by atoms with Gasteiger partial charge in [-0.1, -0.05) is 17.7 Å². The Bertz CT molecular complexity index is 336. The van der Waals surface area contributed by atoms with Crippen LogP contribution in [0, 0.1) is 5.82 Å². The summed E-state index contributed by atoms with van der Waals surface area (Å²) < 4.78 is 13.2. The maximum absolute atomic E-state index is 13.2. The normalized spacial score (nSPS) is 12.8. The van der Waals surface area contributed by atoms with Gasteiger partial charge in [-0.15, -0.1) is 0 Å². The highest BCUT2D eigenvalue weighted by atomic mass is 35.5. The zero-order valence-corrected chi connectivity index (χ0v) is 9.67. The highest BCUT2D eigenvalue weighted by Gasteiger charge is 2.10. The fourth-order valence-electron chi connectivity index (χ4n) is 1.42. The number of nitrogens with one attached hydrogen (secondary N) is 1. The van der Waals surface area contributed by atoms with Crippen LogP contribution in [0.5, 0.6) is 0 Å². The zero-order valence-electron chi connectivity index (χ0n) is 8.92. The van der Waals surface area contributed by atoms with Gasteiger partial charge in [0.05, 0.1) is 5.02 Å². The predicted octanol–water partition coefficient (Wildman–Crippen LogP) is 1.45. The number of hydrogen-bond donors (Lipinski definition) is 3. The van der Waals surface area contributed by atoms with Crippen LogP contribution in [-0.4, -0.2) is 24.8 Å². The second-order valence-corrected chi connectivity index (χ2v) is 3.90. The molecule has 0 aliphatic rings. The summed E-state index contributed by atoms with van der Waals surface area (Å²) in [5, 5.41) is 11.9. The van der Waals surface area contributed by atoms with Gasteiger partial charge in [0.15, 0.2) is 0 Å². The molecule has 1 unspecified atom stereocenters. The molecule has 0 aliphatic heterocycles. The number of rotatable bonds is 6. The first-order valence-corrected chi connectivity index (χ1v) is 5.56. The summed E-state index contributed by atoms with van der Waals surface area (Å²) in [6, 6.07) is 4.53. The van der Waals surface area contributed by atoms with Crippen molar-refractivity contribution in [2.45, 2.75) is 12.5 Å². The number of halogens is 2. The monoisotopic (exact) mass is 246 g/mol. The van der Waals surface area contributed by atoms with E-state index in [0.29, 0.717) is 19.5 Å². The van der Waals surface area contributed by atoms with Crippen LogP contribution in [0.2, 0.25) is 5.02 Å². The van der Waals surface area contributed by atoms with Crippen molar-refractivity contribution in [1.29, 1.82) is 0 Å². The minimum Gasteiger partial charge on any atom is -0.396 e. The molecule has 0 fully saturated rings. The molecule has 0 saturated heterocycles. The Morgan fingerprint density at radius 2 is 2.25 bits per heavy atom. The summed E-state index contributed by atoms with van der Waals surface area (Å²) in [4.78, 5) is 0. The van der Waals surface area contributed by atoms with Gasteiger partial charge in [0.2, 0.25) is 0 Å². The fourth-order valence-corrected chi connectivity index (χ4v) is 1.54. The molecule has 0 spiro atoms. The number of benzene rings is 1. The molecule has 16 heavy (non-hydrogen) atoms. The first kappa shape index (κ1) is 13.4. The fraction of sp³-hybridized carbons (Fsp3) is 0.455. The predicted molar refractivity (Wildman–Crippen MR) is 62.9 cm³/mol. The van der Waals surface area contributed by atoms with E-state index in [2.05, 4.69) is 5.32 Å². The third-order valence-electron chi connectivity index (χ3n) is 2.31. The van der Waals surface area contributed by atoms with E-state index in [-0.39, 0.29) is 17.7 Å². The smallest absolute Gasteiger partial charge is 0.142 e. The van der Waals surface area contributed by atoms with Gasteiger partial charge < -0.3 is 16.2 Å². The van der Waals surface area contributed by atoms with Crippen LogP contribution in [-0.2, 0) is 0 Å². The Morgan fingerprint density at radius 3 is 2.81 bits per heavy atom. The molecule has 0 saturated carbocycles. The third kappa shape index (κ3) is 3.72. The van der Waals surface area contributed by atoms with E-state index in [0.717, 1.165) is 5.56 Å². The lowest BCUT2D eigenvalue weighted by Gasteiger charge is -2.17. The van der Waals surface area contributed by atoms with Crippen molar-refractivity contribution in [1.82, 2.24) is 5.32 Å². The van der Waals surface area contributed by atoms with Crippen molar-refractivity contribution < 1.29 is 9.50 Å². The van der Waals surface area contributed by atoms with Gasteiger partial charge in [-0.2, -0.15) is 0 Å². The van der Waals surface area contributed by atoms with E-state index in [1.807, 2.05) is 0 Å². The highest BCUT2D eigenvalue weighted by molar-refractivity contribution is 6.30. The molecule has 4 N–H and O–H groups in total. The Kier molecular flexibility index (Phi) is 5.69. The molecule has 0 radical (unpaired) electrons. The van der Waals surface area contributed by atoms with Crippen molar-refractivity contribution in [2.24, 2.45) is 5.73 Å². The van der Waals surface area contributed by atoms with Gasteiger partial charge in [-0.05, 0) is 30.7 Å². The first-order chi connectivity index (χ1) is 7.69. The molecule has 0 aliphatic carbocycles. The van der Waals surface area contributed by atoms with E-state index in [1.165, 1.54) is 12.1 Å². The lowest BCUT2D eigenvalue weighted by atomic mass is 10.1. The maximum atomic E-state index is 13.2. The second kappa shape index (κ2) is 6.81. The number of hydrogen-bond acceptors (Lipinski definition) is 3. The molecule has 1 rings (SSSR count). The van der Waals surface area contributed by atoms with Crippen molar-refractivity contribution in [2.75, 3.05) is 19.7 Å². The van der Waals surface area contributed by atoms with Gasteiger partial charge in [0, 0.05) is 19.2 Å². The highest BCUT2D eigenvalue weighted by Crippen LogP contribution is 2.19. The second-order valence-electron chi connectivity index (χ2n) is 3.49. The molecule has 0 aromatic heterocycles. The van der Waals surface area contributed by atoms with Crippen LogP contribution in [0.1, 0.15) is 18.0 Å². The maximum Gasteiger partial charge on any atom is 0.142 e. The van der Waals surface area contributed by atoms with Gasteiger partial charge in [0.1, 0.15) is 5.82 Å². The molecule has 5 heteroatoms. The number of aliphatic hydroxyl groups excluding tert-OH is 1.